The minimum absolute atomic E-state index is 0.324. The summed E-state index contributed by atoms with van der Waals surface area (Å²) in [5.74, 6) is 1.22. The first-order valence-corrected chi connectivity index (χ1v) is 11.5. The molecule has 0 saturated carbocycles. The Morgan fingerprint density at radius 3 is 2.48 bits per heavy atom. The lowest BCUT2D eigenvalue weighted by Gasteiger charge is -2.36. The minimum atomic E-state index is 0.324. The van der Waals surface area contributed by atoms with E-state index < -0.39 is 0 Å². The number of hydrogen-bond acceptors (Lipinski definition) is 4. The number of nitrogens with one attached hydrogen (secondary N) is 2. The van der Waals surface area contributed by atoms with Gasteiger partial charge in [-0.05, 0) is 23.6 Å². The van der Waals surface area contributed by atoms with E-state index >= 15 is 0 Å². The zero-order valence-corrected chi connectivity index (χ0v) is 18.0. The first-order chi connectivity index (χ1) is 14.2. The first-order valence-electron chi connectivity index (χ1n) is 10.6. The molecule has 0 bridgehead atoms. The maximum absolute atomic E-state index is 12.8. The average Bonchev–Trinajstić information content (AvgIpc) is 3.28. The molecule has 0 aliphatic carbocycles. The van der Waals surface area contributed by atoms with Gasteiger partial charge in [-0.15, -0.1) is 11.3 Å². The Morgan fingerprint density at radius 2 is 1.79 bits per heavy atom. The van der Waals surface area contributed by atoms with Crippen LogP contribution < -0.4 is 19.4 Å². The standard InChI is InChI=1S/C22H30N4O2S/c1-28-20-5-2-4-19(16-20)25-11-7-24(8-12-25)18-22(27)26-13-9-23(10-14-26)17-21-6-3-15-29-21/h2-6,15-16H,7-14,17-18H2,1H3/p+2. The highest BCUT2D eigenvalue weighted by atomic mass is 32.1. The van der Waals surface area contributed by atoms with E-state index in [1.807, 2.05) is 23.5 Å². The van der Waals surface area contributed by atoms with Crippen LogP contribution in [-0.4, -0.2) is 76.8 Å². The summed E-state index contributed by atoms with van der Waals surface area (Å²) in [6.07, 6.45) is 0. The van der Waals surface area contributed by atoms with Crippen LogP contribution in [0.15, 0.2) is 41.8 Å². The topological polar surface area (TPSA) is 41.7 Å². The van der Waals surface area contributed by atoms with Crippen LogP contribution in [0.1, 0.15) is 4.88 Å². The fourth-order valence-electron chi connectivity index (χ4n) is 4.30. The highest BCUT2D eigenvalue weighted by molar-refractivity contribution is 7.09. The van der Waals surface area contributed by atoms with Crippen LogP contribution in [0.5, 0.6) is 5.75 Å². The molecule has 2 N–H and O–H groups in total. The molecule has 4 rings (SSSR count). The lowest BCUT2D eigenvalue weighted by molar-refractivity contribution is -0.917. The number of rotatable bonds is 6. The maximum atomic E-state index is 12.8. The van der Waals surface area contributed by atoms with E-state index in [1.165, 1.54) is 15.5 Å². The number of hydrogen-bond donors (Lipinski definition) is 2. The molecule has 2 fully saturated rings. The predicted molar refractivity (Wildman–Crippen MR) is 116 cm³/mol. The number of methoxy groups -OCH3 is 1. The molecular formula is C22H32N4O2S+2. The van der Waals surface area contributed by atoms with Crippen molar-refractivity contribution < 1.29 is 19.3 Å². The molecule has 0 atom stereocenters. The van der Waals surface area contributed by atoms with Crippen molar-refractivity contribution in [3.63, 3.8) is 0 Å². The zero-order chi connectivity index (χ0) is 20.1. The number of ether oxygens (including phenoxy) is 1. The fraction of sp³-hybridized carbons (Fsp3) is 0.500. The Morgan fingerprint density at radius 1 is 1.03 bits per heavy atom. The van der Waals surface area contributed by atoms with Crippen LogP contribution in [0, 0.1) is 0 Å². The first kappa shape index (κ1) is 20.2. The van der Waals surface area contributed by atoms with Crippen molar-refractivity contribution in [3.8, 4) is 5.75 Å². The molecule has 1 aromatic heterocycles. The summed E-state index contributed by atoms with van der Waals surface area (Å²) in [5.41, 5.74) is 1.21. The van der Waals surface area contributed by atoms with Crippen molar-refractivity contribution in [1.29, 1.82) is 0 Å². The summed E-state index contributed by atoms with van der Waals surface area (Å²) in [4.78, 5) is 21.7. The van der Waals surface area contributed by atoms with Crippen molar-refractivity contribution >= 4 is 22.9 Å². The second-order valence-electron chi connectivity index (χ2n) is 8.00. The number of nitrogens with zero attached hydrogens (tertiary/aromatic N) is 2. The molecular weight excluding hydrogens is 384 g/mol. The minimum Gasteiger partial charge on any atom is -0.497 e. The van der Waals surface area contributed by atoms with Crippen LogP contribution in [-0.2, 0) is 11.3 Å². The molecule has 29 heavy (non-hydrogen) atoms. The monoisotopic (exact) mass is 416 g/mol. The summed E-state index contributed by atoms with van der Waals surface area (Å²) in [7, 11) is 1.70. The molecule has 1 aromatic carbocycles. The quantitative estimate of drug-likeness (QED) is 0.660. The van der Waals surface area contributed by atoms with Gasteiger partial charge in [0.2, 0.25) is 0 Å². The van der Waals surface area contributed by atoms with Crippen LogP contribution in [0.25, 0.3) is 0 Å². The maximum Gasteiger partial charge on any atom is 0.278 e. The number of carbonyl (C=O) groups excluding carboxylic acids is 1. The molecule has 0 unspecified atom stereocenters. The third-order valence-electron chi connectivity index (χ3n) is 6.12. The lowest BCUT2D eigenvalue weighted by Crippen LogP contribution is -3.16. The summed E-state index contributed by atoms with van der Waals surface area (Å²) in [6.45, 7) is 9.60. The van der Waals surface area contributed by atoms with E-state index in [-0.39, 0.29) is 0 Å². The number of benzene rings is 1. The van der Waals surface area contributed by atoms with Gasteiger partial charge in [-0.2, -0.15) is 0 Å². The van der Waals surface area contributed by atoms with Crippen molar-refractivity contribution in [2.75, 3.05) is 70.9 Å². The summed E-state index contributed by atoms with van der Waals surface area (Å²) in [6, 6.07) is 12.6. The third-order valence-corrected chi connectivity index (χ3v) is 6.99. The van der Waals surface area contributed by atoms with Crippen molar-refractivity contribution in [1.82, 2.24) is 4.90 Å². The van der Waals surface area contributed by atoms with Gasteiger partial charge < -0.3 is 24.3 Å². The van der Waals surface area contributed by atoms with Crippen molar-refractivity contribution in [2.24, 2.45) is 0 Å². The normalized spacial score (nSPS) is 18.8. The number of carbonyl (C=O) groups is 1. The number of piperazine rings is 2. The Hall–Kier alpha value is -2.09. The van der Waals surface area contributed by atoms with E-state index in [0.29, 0.717) is 12.5 Å². The average molecular weight is 417 g/mol. The van der Waals surface area contributed by atoms with Gasteiger partial charge in [0.25, 0.3) is 5.91 Å². The second kappa shape index (κ2) is 9.61. The van der Waals surface area contributed by atoms with Gasteiger partial charge in [-0.3, -0.25) is 4.79 Å². The number of thiophene rings is 1. The molecule has 6 nitrogen and oxygen atoms in total. The van der Waals surface area contributed by atoms with Crippen molar-refractivity contribution in [3.05, 3.63) is 46.7 Å². The highest BCUT2D eigenvalue weighted by Crippen LogP contribution is 2.20. The molecule has 2 aliphatic rings. The van der Waals surface area contributed by atoms with Gasteiger partial charge in [0, 0.05) is 11.8 Å². The van der Waals surface area contributed by atoms with Gasteiger partial charge in [-0.1, -0.05) is 12.1 Å². The van der Waals surface area contributed by atoms with Crippen LogP contribution in [0.3, 0.4) is 0 Å². The van der Waals surface area contributed by atoms with Gasteiger partial charge in [0.1, 0.15) is 12.3 Å². The number of amides is 1. The Bertz CT molecular complexity index is 782. The summed E-state index contributed by atoms with van der Waals surface area (Å²) >= 11 is 1.83. The Labute approximate surface area is 177 Å². The molecule has 2 aliphatic heterocycles. The fourth-order valence-corrected chi connectivity index (χ4v) is 5.08. The smallest absolute Gasteiger partial charge is 0.278 e. The van der Waals surface area contributed by atoms with Gasteiger partial charge in [0.15, 0.2) is 6.54 Å². The summed E-state index contributed by atoms with van der Waals surface area (Å²) < 4.78 is 5.34. The molecule has 7 heteroatoms. The SMILES string of the molecule is COc1cccc(N2CC[NH+](CC(=O)N3CC[NH+](Cc4cccs4)CC3)CC2)c1. The van der Waals surface area contributed by atoms with Gasteiger partial charge in [0.05, 0.1) is 64.3 Å². The number of anilines is 1. The van der Waals surface area contributed by atoms with Gasteiger partial charge >= 0.3 is 0 Å². The Kier molecular flexibility index (Phi) is 6.69. The molecule has 0 radical (unpaired) electrons. The molecule has 2 aromatic rings. The Balaban J connectivity index is 1.20. The second-order valence-corrected chi connectivity index (χ2v) is 9.03. The van der Waals surface area contributed by atoms with E-state index in [2.05, 4.69) is 39.4 Å². The highest BCUT2D eigenvalue weighted by Gasteiger charge is 2.28. The largest absolute Gasteiger partial charge is 0.497 e. The van der Waals surface area contributed by atoms with Crippen LogP contribution in [0.4, 0.5) is 5.69 Å². The van der Waals surface area contributed by atoms with Crippen LogP contribution in [0.2, 0.25) is 0 Å². The van der Waals surface area contributed by atoms with Crippen molar-refractivity contribution in [2.45, 2.75) is 6.54 Å². The molecule has 0 spiro atoms. The third kappa shape index (κ3) is 5.29. The molecule has 1 amide bonds. The van der Waals surface area contributed by atoms with E-state index in [9.17, 15) is 4.79 Å². The lowest BCUT2D eigenvalue weighted by atomic mass is 10.2. The summed E-state index contributed by atoms with van der Waals surface area (Å²) in [5, 5.41) is 2.14. The van der Waals surface area contributed by atoms with Gasteiger partial charge in [-0.25, -0.2) is 0 Å². The predicted octanol–water partition coefficient (Wildman–Crippen LogP) is -0.611. The zero-order valence-electron chi connectivity index (χ0n) is 17.2. The van der Waals surface area contributed by atoms with E-state index in [1.54, 1.807) is 12.0 Å². The molecule has 156 valence electrons. The molecule has 2 saturated heterocycles. The molecule has 3 heterocycles. The van der Waals surface area contributed by atoms with E-state index in [0.717, 1.165) is 64.7 Å². The van der Waals surface area contributed by atoms with E-state index in [4.69, 9.17) is 4.74 Å². The van der Waals surface area contributed by atoms with Crippen LogP contribution >= 0.6 is 11.3 Å². The number of quaternary nitrogens is 2.